The standard InChI is InChI=1S/C19H14ClF3N2O2/c1-26-12-27-17-24-16-8-7-14(20)11-15(16)18(25-17,19(21,22)23)10-9-13-5-3-2-4-6-13/h2-8,11H,12H2,1H3,(H,24,25). The van der Waals surface area contributed by atoms with Gasteiger partial charge in [-0.25, -0.2) is 4.99 Å². The van der Waals surface area contributed by atoms with Crippen molar-refractivity contribution in [3.8, 4) is 11.8 Å². The van der Waals surface area contributed by atoms with Crippen LogP contribution in [0.25, 0.3) is 0 Å². The molecule has 0 saturated carbocycles. The number of amidine groups is 1. The second-order valence-corrected chi connectivity index (χ2v) is 6.04. The lowest BCUT2D eigenvalue weighted by Crippen LogP contribution is -2.45. The summed E-state index contributed by atoms with van der Waals surface area (Å²) in [5, 5.41) is 2.85. The first kappa shape index (κ1) is 19.1. The van der Waals surface area contributed by atoms with Crippen molar-refractivity contribution < 1.29 is 22.6 Å². The van der Waals surface area contributed by atoms with Crippen LogP contribution < -0.4 is 5.32 Å². The van der Waals surface area contributed by atoms with Crippen LogP contribution in [0.5, 0.6) is 0 Å². The molecule has 0 amide bonds. The molecule has 0 fully saturated rings. The highest BCUT2D eigenvalue weighted by Gasteiger charge is 2.59. The Kier molecular flexibility index (Phi) is 5.31. The molecule has 8 heteroatoms. The number of ether oxygens (including phenoxy) is 2. The van der Waals surface area contributed by atoms with Crippen LogP contribution in [0.4, 0.5) is 18.9 Å². The summed E-state index contributed by atoms with van der Waals surface area (Å²) in [4.78, 5) is 3.77. The van der Waals surface area contributed by atoms with Gasteiger partial charge >= 0.3 is 6.18 Å². The van der Waals surface area contributed by atoms with Gasteiger partial charge in [0.25, 0.3) is 6.02 Å². The minimum Gasteiger partial charge on any atom is -0.438 e. The van der Waals surface area contributed by atoms with E-state index in [2.05, 4.69) is 22.2 Å². The molecule has 140 valence electrons. The maximum atomic E-state index is 14.2. The second kappa shape index (κ2) is 7.51. The van der Waals surface area contributed by atoms with Crippen LogP contribution >= 0.6 is 11.6 Å². The highest BCUT2D eigenvalue weighted by molar-refractivity contribution is 6.30. The fourth-order valence-electron chi connectivity index (χ4n) is 2.53. The van der Waals surface area contributed by atoms with Gasteiger partial charge < -0.3 is 14.8 Å². The number of nitrogens with zero attached hydrogens (tertiary/aromatic N) is 1. The fraction of sp³-hybridized carbons (Fsp3) is 0.211. The zero-order valence-corrected chi connectivity index (χ0v) is 14.9. The van der Waals surface area contributed by atoms with E-state index < -0.39 is 11.7 Å². The molecule has 2 aromatic carbocycles. The van der Waals surface area contributed by atoms with Gasteiger partial charge in [0.15, 0.2) is 6.79 Å². The van der Waals surface area contributed by atoms with Crippen molar-refractivity contribution in [2.45, 2.75) is 11.7 Å². The van der Waals surface area contributed by atoms with Crippen molar-refractivity contribution in [2.24, 2.45) is 4.99 Å². The minimum absolute atomic E-state index is 0.141. The van der Waals surface area contributed by atoms with E-state index in [0.29, 0.717) is 5.56 Å². The summed E-state index contributed by atoms with van der Waals surface area (Å²) in [6, 6.07) is 12.1. The van der Waals surface area contributed by atoms with Crippen LogP contribution in [0.1, 0.15) is 11.1 Å². The van der Waals surface area contributed by atoms with E-state index in [0.717, 1.165) is 0 Å². The molecule has 4 nitrogen and oxygen atoms in total. The van der Waals surface area contributed by atoms with Gasteiger partial charge in [0, 0.05) is 28.9 Å². The third-order valence-electron chi connectivity index (χ3n) is 3.77. The molecule has 0 aliphatic carbocycles. The molecular weight excluding hydrogens is 381 g/mol. The largest absolute Gasteiger partial charge is 0.438 e. The highest BCUT2D eigenvalue weighted by atomic mass is 35.5. The minimum atomic E-state index is -4.82. The Bertz CT molecular complexity index is 920. The lowest BCUT2D eigenvalue weighted by molar-refractivity contribution is -0.171. The number of rotatable bonds is 2. The summed E-state index contributed by atoms with van der Waals surface area (Å²) in [5.74, 6) is 4.86. The zero-order valence-electron chi connectivity index (χ0n) is 14.1. The van der Waals surface area contributed by atoms with Crippen molar-refractivity contribution in [1.29, 1.82) is 0 Å². The Hall–Kier alpha value is -2.69. The summed E-state index contributed by atoms with van der Waals surface area (Å²) in [6.07, 6.45) is -4.82. The van der Waals surface area contributed by atoms with E-state index in [1.807, 2.05) is 0 Å². The normalized spacial score (nSPS) is 18.5. The molecule has 1 N–H and O–H groups in total. The lowest BCUT2D eigenvalue weighted by atomic mass is 9.87. The highest BCUT2D eigenvalue weighted by Crippen LogP contribution is 2.47. The van der Waals surface area contributed by atoms with Gasteiger partial charge in [0.1, 0.15) is 0 Å². The van der Waals surface area contributed by atoms with Crippen molar-refractivity contribution >= 4 is 23.3 Å². The smallest absolute Gasteiger partial charge is 0.429 e. The first-order valence-electron chi connectivity index (χ1n) is 7.79. The van der Waals surface area contributed by atoms with Gasteiger partial charge in [0.05, 0.1) is 0 Å². The monoisotopic (exact) mass is 394 g/mol. The van der Waals surface area contributed by atoms with Gasteiger partial charge in [-0.1, -0.05) is 41.6 Å². The van der Waals surface area contributed by atoms with Crippen LogP contribution in [-0.2, 0) is 15.0 Å². The van der Waals surface area contributed by atoms with Crippen LogP contribution in [0, 0.1) is 11.8 Å². The lowest BCUT2D eigenvalue weighted by Gasteiger charge is -2.33. The maximum absolute atomic E-state index is 14.2. The first-order valence-corrected chi connectivity index (χ1v) is 8.17. The number of benzene rings is 2. The van der Waals surface area contributed by atoms with E-state index in [4.69, 9.17) is 21.1 Å². The van der Waals surface area contributed by atoms with Gasteiger partial charge in [-0.2, -0.15) is 13.2 Å². The molecule has 1 unspecified atom stereocenters. The number of methoxy groups -OCH3 is 1. The third kappa shape index (κ3) is 3.87. The van der Waals surface area contributed by atoms with Gasteiger partial charge in [-0.15, -0.1) is 0 Å². The predicted octanol–water partition coefficient (Wildman–Crippen LogP) is 4.55. The zero-order chi connectivity index (χ0) is 19.5. The quantitative estimate of drug-likeness (QED) is 0.600. The van der Waals surface area contributed by atoms with E-state index in [1.54, 1.807) is 30.3 Å². The fourth-order valence-corrected chi connectivity index (χ4v) is 2.70. The molecule has 1 atom stereocenters. The summed E-state index contributed by atoms with van der Waals surface area (Å²) in [7, 11) is 1.35. The molecule has 0 aromatic heterocycles. The number of hydrogen-bond acceptors (Lipinski definition) is 4. The Morgan fingerprint density at radius 3 is 2.59 bits per heavy atom. The summed E-state index contributed by atoms with van der Waals surface area (Å²) < 4.78 is 52.6. The van der Waals surface area contributed by atoms with Crippen molar-refractivity contribution in [1.82, 2.24) is 0 Å². The van der Waals surface area contributed by atoms with Crippen molar-refractivity contribution in [3.05, 3.63) is 64.7 Å². The molecule has 1 heterocycles. The average molecular weight is 395 g/mol. The number of hydrogen-bond donors (Lipinski definition) is 1. The topological polar surface area (TPSA) is 42.9 Å². The molecule has 0 bridgehead atoms. The molecule has 27 heavy (non-hydrogen) atoms. The molecule has 3 rings (SSSR count). The summed E-state index contributed by atoms with van der Waals surface area (Å²) in [5.41, 5.74) is -2.45. The van der Waals surface area contributed by atoms with Crippen LogP contribution in [0.3, 0.4) is 0 Å². The number of alkyl halides is 3. The Balaban J connectivity index is 2.21. The van der Waals surface area contributed by atoms with Crippen LogP contribution in [-0.4, -0.2) is 26.1 Å². The maximum Gasteiger partial charge on any atom is 0.429 e. The predicted molar refractivity (Wildman–Crippen MR) is 96.5 cm³/mol. The number of halogens is 4. The third-order valence-corrected chi connectivity index (χ3v) is 4.00. The first-order chi connectivity index (χ1) is 12.9. The van der Waals surface area contributed by atoms with E-state index >= 15 is 0 Å². The number of nitrogens with one attached hydrogen (secondary N) is 1. The molecule has 1 aliphatic heterocycles. The molecular formula is C19H14ClF3N2O2. The van der Waals surface area contributed by atoms with Crippen molar-refractivity contribution in [3.63, 3.8) is 0 Å². The molecule has 2 aromatic rings. The Labute approximate surface area is 159 Å². The van der Waals surface area contributed by atoms with E-state index in [9.17, 15) is 13.2 Å². The van der Waals surface area contributed by atoms with Gasteiger partial charge in [-0.05, 0) is 30.3 Å². The molecule has 1 aliphatic rings. The van der Waals surface area contributed by atoms with E-state index in [-0.39, 0.29) is 29.1 Å². The van der Waals surface area contributed by atoms with Crippen LogP contribution in [0.15, 0.2) is 53.5 Å². The summed E-state index contributed by atoms with van der Waals surface area (Å²) in [6.45, 7) is -0.269. The molecule has 0 saturated heterocycles. The van der Waals surface area contributed by atoms with Crippen LogP contribution in [0.2, 0.25) is 5.02 Å². The number of anilines is 1. The van der Waals surface area contributed by atoms with E-state index in [1.165, 1.54) is 25.3 Å². The second-order valence-electron chi connectivity index (χ2n) is 5.61. The van der Waals surface area contributed by atoms with Gasteiger partial charge in [-0.3, -0.25) is 0 Å². The number of aliphatic imine (C=N–C) groups is 1. The average Bonchev–Trinajstić information content (AvgIpc) is 2.64. The Morgan fingerprint density at radius 2 is 1.93 bits per heavy atom. The SMILES string of the molecule is COCOC1=NC(C#Cc2ccccc2)(C(F)(F)F)c2cc(Cl)ccc2N1. The summed E-state index contributed by atoms with van der Waals surface area (Å²) >= 11 is 5.95. The van der Waals surface area contributed by atoms with Crippen molar-refractivity contribution in [2.75, 3.05) is 19.2 Å². The Morgan fingerprint density at radius 1 is 1.19 bits per heavy atom. The van der Waals surface area contributed by atoms with Gasteiger partial charge in [0.2, 0.25) is 5.54 Å². The molecule has 0 spiro atoms. The molecule has 0 radical (unpaired) electrons. The number of fused-ring (bicyclic) bond motifs is 1.